The number of nitrogens with zero attached hydrogens (tertiary/aromatic N) is 1. The summed E-state index contributed by atoms with van der Waals surface area (Å²) in [5, 5.41) is 0. The normalized spacial score (nSPS) is 12.7. The standard InChI is InChI=1S/C14H9Cl2NO2/c15-13(16)14(18)17-9-5-1-3-7-11(9)19-12-8-4-2-6-10(12)17/h1-8,13H. The predicted molar refractivity (Wildman–Crippen MR) is 75.6 cm³/mol. The van der Waals surface area contributed by atoms with Gasteiger partial charge in [-0.2, -0.15) is 0 Å². The molecule has 0 atom stereocenters. The lowest BCUT2D eigenvalue weighted by atomic mass is 10.1. The molecule has 96 valence electrons. The number of fused-ring (bicyclic) bond motifs is 2. The second-order valence-corrected chi connectivity index (χ2v) is 5.11. The van der Waals surface area contributed by atoms with Crippen LogP contribution in [0, 0.1) is 0 Å². The van der Waals surface area contributed by atoms with Crippen LogP contribution in [0.15, 0.2) is 48.5 Å². The van der Waals surface area contributed by atoms with E-state index in [1.54, 1.807) is 24.3 Å². The third-order valence-corrected chi connectivity index (χ3v) is 3.21. The molecule has 1 aliphatic heterocycles. The van der Waals surface area contributed by atoms with Crippen molar-refractivity contribution in [3.05, 3.63) is 48.5 Å². The maximum Gasteiger partial charge on any atom is 0.265 e. The molecule has 19 heavy (non-hydrogen) atoms. The van der Waals surface area contributed by atoms with Crippen molar-refractivity contribution in [2.45, 2.75) is 4.84 Å². The number of ether oxygens (including phenoxy) is 1. The summed E-state index contributed by atoms with van der Waals surface area (Å²) < 4.78 is 5.76. The van der Waals surface area contributed by atoms with E-state index in [-0.39, 0.29) is 0 Å². The van der Waals surface area contributed by atoms with Crippen LogP contribution in [0.5, 0.6) is 11.5 Å². The van der Waals surface area contributed by atoms with Gasteiger partial charge >= 0.3 is 0 Å². The summed E-state index contributed by atoms with van der Waals surface area (Å²) in [4.78, 5) is 12.6. The number of halogens is 2. The fraction of sp³-hybridized carbons (Fsp3) is 0.0714. The number of amides is 1. The minimum absolute atomic E-state index is 0.397. The summed E-state index contributed by atoms with van der Waals surface area (Å²) >= 11 is 11.5. The fourth-order valence-corrected chi connectivity index (χ4v) is 2.23. The van der Waals surface area contributed by atoms with Gasteiger partial charge in [-0.3, -0.25) is 9.69 Å². The highest BCUT2D eigenvalue weighted by Crippen LogP contribution is 2.46. The SMILES string of the molecule is O=C(C(Cl)Cl)N1c2ccccc2Oc2ccccc21. The number of rotatable bonds is 1. The molecule has 1 amide bonds. The molecular formula is C14H9Cl2NO2. The number of anilines is 2. The van der Waals surface area contributed by atoms with Gasteiger partial charge in [0.05, 0.1) is 11.4 Å². The topological polar surface area (TPSA) is 29.5 Å². The van der Waals surface area contributed by atoms with Crippen molar-refractivity contribution in [3.8, 4) is 11.5 Å². The third-order valence-electron chi connectivity index (χ3n) is 2.84. The molecule has 2 aromatic rings. The molecule has 0 saturated carbocycles. The van der Waals surface area contributed by atoms with E-state index in [1.165, 1.54) is 4.90 Å². The van der Waals surface area contributed by atoms with Crippen LogP contribution in [-0.2, 0) is 4.79 Å². The van der Waals surface area contributed by atoms with E-state index in [0.29, 0.717) is 22.9 Å². The van der Waals surface area contributed by atoms with Crippen molar-refractivity contribution < 1.29 is 9.53 Å². The van der Waals surface area contributed by atoms with Crippen molar-refractivity contribution in [1.82, 2.24) is 0 Å². The summed E-state index contributed by atoms with van der Waals surface area (Å²) in [5.41, 5.74) is 1.27. The van der Waals surface area contributed by atoms with E-state index in [9.17, 15) is 4.79 Å². The fourth-order valence-electron chi connectivity index (χ4n) is 2.04. The second kappa shape index (κ2) is 4.76. The van der Waals surface area contributed by atoms with E-state index < -0.39 is 10.7 Å². The number of para-hydroxylation sites is 4. The van der Waals surface area contributed by atoms with Gasteiger partial charge in [-0.1, -0.05) is 47.5 Å². The Bertz CT molecular complexity index is 597. The summed E-state index contributed by atoms with van der Waals surface area (Å²) in [7, 11) is 0. The molecule has 0 aliphatic carbocycles. The lowest BCUT2D eigenvalue weighted by molar-refractivity contribution is -0.116. The molecule has 0 radical (unpaired) electrons. The average Bonchev–Trinajstić information content (AvgIpc) is 2.43. The van der Waals surface area contributed by atoms with Gasteiger partial charge in [0.2, 0.25) is 0 Å². The number of benzene rings is 2. The Morgan fingerprint density at radius 1 is 0.947 bits per heavy atom. The molecule has 0 aromatic heterocycles. The third kappa shape index (κ3) is 2.05. The molecule has 3 rings (SSSR count). The first kappa shape index (κ1) is 12.3. The largest absolute Gasteiger partial charge is 0.453 e. The number of carbonyl (C=O) groups excluding carboxylic acids is 1. The van der Waals surface area contributed by atoms with E-state index in [0.717, 1.165) is 0 Å². The molecule has 0 bridgehead atoms. The smallest absolute Gasteiger partial charge is 0.265 e. The van der Waals surface area contributed by atoms with E-state index in [2.05, 4.69) is 0 Å². The average molecular weight is 294 g/mol. The van der Waals surface area contributed by atoms with Crippen molar-refractivity contribution in [2.24, 2.45) is 0 Å². The summed E-state index contributed by atoms with van der Waals surface area (Å²) in [6, 6.07) is 14.5. The monoisotopic (exact) mass is 293 g/mol. The molecule has 0 fully saturated rings. The zero-order valence-corrected chi connectivity index (χ0v) is 11.2. The van der Waals surface area contributed by atoms with Gasteiger partial charge in [-0.15, -0.1) is 0 Å². The number of alkyl halides is 2. The van der Waals surface area contributed by atoms with Gasteiger partial charge in [-0.05, 0) is 24.3 Å². The van der Waals surface area contributed by atoms with Gasteiger partial charge in [0.15, 0.2) is 16.3 Å². The number of hydrogen-bond acceptors (Lipinski definition) is 2. The number of hydrogen-bond donors (Lipinski definition) is 0. The van der Waals surface area contributed by atoms with Crippen LogP contribution in [0.25, 0.3) is 0 Å². The Balaban J connectivity index is 2.19. The van der Waals surface area contributed by atoms with E-state index >= 15 is 0 Å². The van der Waals surface area contributed by atoms with Crippen LogP contribution < -0.4 is 9.64 Å². The molecule has 1 aliphatic rings. The molecule has 1 heterocycles. The van der Waals surface area contributed by atoms with E-state index in [1.807, 2.05) is 24.3 Å². The van der Waals surface area contributed by atoms with Crippen LogP contribution in [0.4, 0.5) is 11.4 Å². The molecular weight excluding hydrogens is 285 g/mol. The van der Waals surface area contributed by atoms with Crippen LogP contribution in [0.1, 0.15) is 0 Å². The van der Waals surface area contributed by atoms with Gasteiger partial charge in [-0.25, -0.2) is 0 Å². The second-order valence-electron chi connectivity index (χ2n) is 4.01. The van der Waals surface area contributed by atoms with Crippen molar-refractivity contribution >= 4 is 40.5 Å². The van der Waals surface area contributed by atoms with Crippen molar-refractivity contribution in [1.29, 1.82) is 0 Å². The molecule has 0 unspecified atom stereocenters. The Hall–Kier alpha value is -1.71. The maximum absolute atomic E-state index is 12.2. The van der Waals surface area contributed by atoms with Gasteiger partial charge in [0, 0.05) is 0 Å². The van der Waals surface area contributed by atoms with Crippen LogP contribution in [-0.4, -0.2) is 10.7 Å². The number of carbonyl (C=O) groups is 1. The molecule has 0 saturated heterocycles. The molecule has 2 aromatic carbocycles. The zero-order valence-electron chi connectivity index (χ0n) is 9.72. The highest BCUT2D eigenvalue weighted by Gasteiger charge is 2.31. The Kier molecular flexibility index (Phi) is 3.09. The quantitative estimate of drug-likeness (QED) is 0.735. The van der Waals surface area contributed by atoms with Crippen molar-refractivity contribution in [2.75, 3.05) is 4.90 Å². The van der Waals surface area contributed by atoms with Crippen LogP contribution in [0.3, 0.4) is 0 Å². The minimum Gasteiger partial charge on any atom is -0.453 e. The summed E-state index contributed by atoms with van der Waals surface area (Å²) in [6.07, 6.45) is 0. The summed E-state index contributed by atoms with van der Waals surface area (Å²) in [6.45, 7) is 0. The first-order valence-corrected chi connectivity index (χ1v) is 6.54. The molecule has 0 spiro atoms. The Morgan fingerprint density at radius 2 is 1.42 bits per heavy atom. The predicted octanol–water partition coefficient (Wildman–Crippen LogP) is 4.26. The highest BCUT2D eigenvalue weighted by molar-refractivity contribution is 6.55. The minimum atomic E-state index is -1.13. The lowest BCUT2D eigenvalue weighted by Crippen LogP contribution is -2.32. The van der Waals surface area contributed by atoms with Crippen LogP contribution >= 0.6 is 23.2 Å². The van der Waals surface area contributed by atoms with Crippen molar-refractivity contribution in [3.63, 3.8) is 0 Å². The Morgan fingerprint density at radius 3 is 1.89 bits per heavy atom. The zero-order chi connectivity index (χ0) is 13.4. The Labute approximate surface area is 120 Å². The highest BCUT2D eigenvalue weighted by atomic mass is 35.5. The molecule has 3 nitrogen and oxygen atoms in total. The molecule has 0 N–H and O–H groups in total. The lowest BCUT2D eigenvalue weighted by Gasteiger charge is -2.31. The van der Waals surface area contributed by atoms with Gasteiger partial charge in [0.1, 0.15) is 0 Å². The summed E-state index contributed by atoms with van der Waals surface area (Å²) in [5.74, 6) is 0.804. The van der Waals surface area contributed by atoms with Gasteiger partial charge < -0.3 is 4.74 Å². The van der Waals surface area contributed by atoms with Gasteiger partial charge in [0.25, 0.3) is 5.91 Å². The maximum atomic E-state index is 12.2. The molecule has 5 heteroatoms. The van der Waals surface area contributed by atoms with Crippen LogP contribution in [0.2, 0.25) is 0 Å². The first-order chi connectivity index (χ1) is 9.18. The first-order valence-electron chi connectivity index (χ1n) is 5.66. The van der Waals surface area contributed by atoms with E-state index in [4.69, 9.17) is 27.9 Å².